The van der Waals surface area contributed by atoms with Crippen molar-refractivity contribution in [2.24, 2.45) is 23.7 Å². The first kappa shape index (κ1) is 14.0. The van der Waals surface area contributed by atoms with Crippen LogP contribution in [-0.4, -0.2) is 24.7 Å². The van der Waals surface area contributed by atoms with Gasteiger partial charge in [-0.1, -0.05) is 19.3 Å². The van der Waals surface area contributed by atoms with E-state index in [1.54, 1.807) is 0 Å². The van der Waals surface area contributed by atoms with E-state index >= 15 is 0 Å². The third-order valence-electron chi connectivity index (χ3n) is 6.56. The summed E-state index contributed by atoms with van der Waals surface area (Å²) in [6.07, 6.45) is 13.4. The topological polar surface area (TPSA) is 38.3 Å². The Bertz CT molecular complexity index is 361. The lowest BCUT2D eigenvalue weighted by atomic mass is 9.54. The zero-order valence-corrected chi connectivity index (χ0v) is 13.1. The number of carbonyl (C=O) groups is 1. The van der Waals surface area contributed by atoms with Crippen molar-refractivity contribution in [3.8, 4) is 0 Å². The van der Waals surface area contributed by atoms with Gasteiger partial charge in [0.25, 0.3) is 0 Å². The second-order valence-corrected chi connectivity index (χ2v) is 8.10. The zero-order chi connectivity index (χ0) is 14.2. The molecule has 0 aromatic rings. The Labute approximate surface area is 128 Å². The minimum atomic E-state index is 0.137. The number of ether oxygens (including phenoxy) is 1. The molecule has 21 heavy (non-hydrogen) atoms. The molecule has 0 radical (unpaired) electrons. The molecule has 0 spiro atoms. The Morgan fingerprint density at radius 3 is 2.14 bits per heavy atom. The second kappa shape index (κ2) is 5.91. The largest absolute Gasteiger partial charge is 0.368 e. The molecule has 0 aliphatic heterocycles. The van der Waals surface area contributed by atoms with Gasteiger partial charge in [0.2, 0.25) is 5.91 Å². The van der Waals surface area contributed by atoms with Gasteiger partial charge >= 0.3 is 0 Å². The van der Waals surface area contributed by atoms with Crippen LogP contribution in [-0.2, 0) is 9.53 Å². The van der Waals surface area contributed by atoms with E-state index in [0.717, 1.165) is 36.5 Å². The number of nitrogens with one attached hydrogen (secondary N) is 1. The highest BCUT2D eigenvalue weighted by Gasteiger charge is 2.48. The van der Waals surface area contributed by atoms with Gasteiger partial charge in [0.05, 0.1) is 6.10 Å². The predicted octanol–water partition coefficient (Wildman–Crippen LogP) is 3.28. The first-order valence-electron chi connectivity index (χ1n) is 9.19. The lowest BCUT2D eigenvalue weighted by Crippen LogP contribution is -2.56. The van der Waals surface area contributed by atoms with Gasteiger partial charge in [-0.2, -0.15) is 0 Å². The van der Waals surface area contributed by atoms with Gasteiger partial charge in [-0.15, -0.1) is 0 Å². The number of hydrogen-bond donors (Lipinski definition) is 1. The van der Waals surface area contributed by atoms with E-state index in [2.05, 4.69) is 5.32 Å². The molecule has 0 saturated heterocycles. The standard InChI is InChI=1S/C18H29NO2/c20-17(11-21-16-4-2-1-3-5-16)19-18-14-7-12-6-13(9-14)10-15(18)8-12/h12-16,18H,1-11H2,(H,19,20). The van der Waals surface area contributed by atoms with Crippen molar-refractivity contribution in [3.05, 3.63) is 0 Å². The van der Waals surface area contributed by atoms with Gasteiger partial charge in [-0.25, -0.2) is 0 Å². The molecule has 5 aliphatic carbocycles. The minimum Gasteiger partial charge on any atom is -0.368 e. The average Bonchev–Trinajstić information content (AvgIpc) is 2.49. The molecular weight excluding hydrogens is 262 g/mol. The average molecular weight is 291 g/mol. The smallest absolute Gasteiger partial charge is 0.246 e. The molecule has 0 unspecified atom stereocenters. The van der Waals surface area contributed by atoms with E-state index in [4.69, 9.17) is 4.74 Å². The van der Waals surface area contributed by atoms with Crippen LogP contribution in [0.5, 0.6) is 0 Å². The summed E-state index contributed by atoms with van der Waals surface area (Å²) in [5, 5.41) is 3.34. The lowest BCUT2D eigenvalue weighted by molar-refractivity contribution is -0.132. The first-order valence-corrected chi connectivity index (χ1v) is 9.19. The normalized spacial score (nSPS) is 42.2. The van der Waals surface area contributed by atoms with Crippen LogP contribution in [0.1, 0.15) is 64.2 Å². The molecule has 0 heterocycles. The highest BCUT2D eigenvalue weighted by Crippen LogP contribution is 2.53. The SMILES string of the molecule is O=C(COC1CCCCC1)NC1C2CC3CC(C2)CC1C3. The van der Waals surface area contributed by atoms with E-state index in [1.165, 1.54) is 51.4 Å². The fraction of sp³-hybridized carbons (Fsp3) is 0.944. The zero-order valence-electron chi connectivity index (χ0n) is 13.1. The fourth-order valence-corrected chi connectivity index (χ4v) is 5.81. The van der Waals surface area contributed by atoms with E-state index in [1.807, 2.05) is 0 Å². The van der Waals surface area contributed by atoms with E-state index in [0.29, 0.717) is 12.1 Å². The maximum atomic E-state index is 12.2. The molecule has 0 aromatic carbocycles. The highest BCUT2D eigenvalue weighted by molar-refractivity contribution is 5.77. The van der Waals surface area contributed by atoms with E-state index < -0.39 is 0 Å². The van der Waals surface area contributed by atoms with Crippen molar-refractivity contribution in [2.75, 3.05) is 6.61 Å². The Morgan fingerprint density at radius 1 is 0.905 bits per heavy atom. The summed E-state index contributed by atoms with van der Waals surface area (Å²) in [5.41, 5.74) is 0. The maximum Gasteiger partial charge on any atom is 0.246 e. The third-order valence-corrected chi connectivity index (χ3v) is 6.56. The molecule has 3 nitrogen and oxygen atoms in total. The molecule has 1 N–H and O–H groups in total. The summed E-state index contributed by atoms with van der Waals surface area (Å²) in [7, 11) is 0. The monoisotopic (exact) mass is 291 g/mol. The van der Waals surface area contributed by atoms with E-state index in [-0.39, 0.29) is 12.5 Å². The van der Waals surface area contributed by atoms with Crippen LogP contribution < -0.4 is 5.32 Å². The number of rotatable bonds is 4. The van der Waals surface area contributed by atoms with Gasteiger partial charge in [0.1, 0.15) is 6.61 Å². The van der Waals surface area contributed by atoms with E-state index in [9.17, 15) is 4.79 Å². The van der Waals surface area contributed by atoms with Crippen molar-refractivity contribution < 1.29 is 9.53 Å². The summed E-state index contributed by atoms with van der Waals surface area (Å²) in [4.78, 5) is 12.2. The van der Waals surface area contributed by atoms with Crippen LogP contribution in [0.15, 0.2) is 0 Å². The molecule has 0 aromatic heterocycles. The van der Waals surface area contributed by atoms with Gasteiger partial charge in [0, 0.05) is 6.04 Å². The minimum absolute atomic E-state index is 0.137. The van der Waals surface area contributed by atoms with Crippen LogP contribution in [0.3, 0.4) is 0 Å². The molecule has 1 amide bonds. The van der Waals surface area contributed by atoms with Gasteiger partial charge < -0.3 is 10.1 Å². The summed E-state index contributed by atoms with van der Waals surface area (Å²) in [6, 6.07) is 0.459. The molecule has 0 atom stereocenters. The van der Waals surface area contributed by atoms with Crippen LogP contribution in [0, 0.1) is 23.7 Å². The van der Waals surface area contributed by atoms with Crippen molar-refractivity contribution in [1.29, 1.82) is 0 Å². The van der Waals surface area contributed by atoms with Crippen LogP contribution in [0.2, 0.25) is 0 Å². The van der Waals surface area contributed by atoms with Crippen molar-refractivity contribution in [1.82, 2.24) is 5.32 Å². The van der Waals surface area contributed by atoms with Crippen LogP contribution in [0.25, 0.3) is 0 Å². The van der Waals surface area contributed by atoms with Crippen LogP contribution >= 0.6 is 0 Å². The second-order valence-electron chi connectivity index (χ2n) is 8.10. The Morgan fingerprint density at radius 2 is 1.52 bits per heavy atom. The molecule has 118 valence electrons. The van der Waals surface area contributed by atoms with Crippen molar-refractivity contribution in [2.45, 2.75) is 76.4 Å². The summed E-state index contributed by atoms with van der Waals surface area (Å²) >= 11 is 0. The number of hydrogen-bond acceptors (Lipinski definition) is 2. The summed E-state index contributed by atoms with van der Waals surface area (Å²) in [5.74, 6) is 3.61. The number of carbonyl (C=O) groups excluding carboxylic acids is 1. The predicted molar refractivity (Wildman–Crippen MR) is 81.8 cm³/mol. The molecule has 5 rings (SSSR count). The molecular formula is C18H29NO2. The first-order chi connectivity index (χ1) is 10.3. The van der Waals surface area contributed by atoms with Gasteiger partial charge in [-0.05, 0) is 68.6 Å². The molecule has 5 aliphatic rings. The molecule has 4 bridgehead atoms. The maximum absolute atomic E-state index is 12.2. The molecule has 5 fully saturated rings. The summed E-state index contributed by atoms with van der Waals surface area (Å²) in [6.45, 7) is 0.285. The van der Waals surface area contributed by atoms with Gasteiger partial charge in [0.15, 0.2) is 0 Å². The highest BCUT2D eigenvalue weighted by atomic mass is 16.5. The number of amides is 1. The Balaban J connectivity index is 1.26. The van der Waals surface area contributed by atoms with Crippen molar-refractivity contribution >= 4 is 5.91 Å². The fourth-order valence-electron chi connectivity index (χ4n) is 5.81. The third kappa shape index (κ3) is 2.99. The molecule has 3 heteroatoms. The van der Waals surface area contributed by atoms with Crippen LogP contribution in [0.4, 0.5) is 0 Å². The van der Waals surface area contributed by atoms with Gasteiger partial charge in [-0.3, -0.25) is 4.79 Å². The quantitative estimate of drug-likeness (QED) is 0.863. The van der Waals surface area contributed by atoms with Crippen molar-refractivity contribution in [3.63, 3.8) is 0 Å². The Hall–Kier alpha value is -0.570. The Kier molecular flexibility index (Phi) is 3.95. The summed E-state index contributed by atoms with van der Waals surface area (Å²) < 4.78 is 5.83. The lowest BCUT2D eigenvalue weighted by Gasteiger charge is -2.54. The molecule has 5 saturated carbocycles.